The van der Waals surface area contributed by atoms with Crippen LogP contribution in [-0.4, -0.2) is 45.8 Å². The summed E-state index contributed by atoms with van der Waals surface area (Å²) in [5.74, 6) is 0.138. The summed E-state index contributed by atoms with van der Waals surface area (Å²) in [5.41, 5.74) is 6.37. The Kier molecular flexibility index (Phi) is 3.73. The Morgan fingerprint density at radius 3 is 3.24 bits per heavy atom. The molecule has 6 atom stereocenters. The second-order valence-electron chi connectivity index (χ2n) is 5.45. The van der Waals surface area contributed by atoms with Crippen LogP contribution in [0.2, 0.25) is 0 Å². The highest BCUT2D eigenvalue weighted by Crippen LogP contribution is 2.58. The molecule has 0 spiro atoms. The van der Waals surface area contributed by atoms with Crippen molar-refractivity contribution in [1.82, 2.24) is 14.5 Å². The molecule has 4 heterocycles. The van der Waals surface area contributed by atoms with Crippen molar-refractivity contribution in [2.45, 2.75) is 24.5 Å². The molecule has 0 radical (unpaired) electrons. The van der Waals surface area contributed by atoms with E-state index in [0.29, 0.717) is 11.0 Å². The number of nitrogen functional groups attached to an aromatic ring is 1. The van der Waals surface area contributed by atoms with Gasteiger partial charge in [-0.2, -0.15) is 0 Å². The third-order valence-electron chi connectivity index (χ3n) is 4.08. The van der Waals surface area contributed by atoms with E-state index in [0.717, 1.165) is 0 Å². The maximum atomic E-state index is 12.2. The van der Waals surface area contributed by atoms with Gasteiger partial charge in [-0.15, -0.1) is 0 Å². The molecule has 0 bridgehead atoms. The van der Waals surface area contributed by atoms with Gasteiger partial charge in [0.2, 0.25) is 5.69 Å². The lowest BCUT2D eigenvalue weighted by molar-refractivity contribution is -0.0644. The van der Waals surface area contributed by atoms with E-state index in [2.05, 4.69) is 14.8 Å². The van der Waals surface area contributed by atoms with Crippen LogP contribution in [0.15, 0.2) is 12.5 Å². The van der Waals surface area contributed by atoms with Crippen LogP contribution in [0.4, 0.5) is 11.5 Å². The number of phosphoric ester groups is 1. The Bertz CT molecular complexity index is 950. The van der Waals surface area contributed by atoms with E-state index in [4.69, 9.17) is 31.7 Å². The number of hydrogen-bond donors (Lipinski definition) is 2. The summed E-state index contributed by atoms with van der Waals surface area (Å²) in [6, 6.07) is 0. The van der Waals surface area contributed by atoms with Crippen LogP contribution >= 0.6 is 17.2 Å². The van der Waals surface area contributed by atoms with E-state index < -0.39 is 41.8 Å². The normalized spacial score (nSPS) is 35.8. The van der Waals surface area contributed by atoms with Crippen LogP contribution in [-0.2, 0) is 22.7 Å². The van der Waals surface area contributed by atoms with Gasteiger partial charge in [-0.25, -0.2) is 19.4 Å². The van der Waals surface area contributed by atoms with E-state index in [9.17, 15) is 9.67 Å². The first-order valence-corrected chi connectivity index (χ1v) is 8.94. The van der Waals surface area contributed by atoms with Gasteiger partial charge in [0.15, 0.2) is 6.23 Å². The van der Waals surface area contributed by atoms with Gasteiger partial charge in [-0.1, -0.05) is 0 Å². The molecule has 2 aromatic rings. The van der Waals surface area contributed by atoms with Crippen LogP contribution < -0.4 is 5.73 Å². The van der Waals surface area contributed by atoms with Gasteiger partial charge in [0.25, 0.3) is 0 Å². The molecule has 3 N–H and O–H groups in total. The molecule has 2 unspecified atom stereocenters. The first-order valence-electron chi connectivity index (χ1n) is 7.57. The topological polar surface area (TPSA) is 135 Å². The highest BCUT2D eigenvalue weighted by molar-refractivity contribution is 7.53. The summed E-state index contributed by atoms with van der Waals surface area (Å²) in [6.45, 7) is 7.17. The van der Waals surface area contributed by atoms with Gasteiger partial charge in [0.05, 0.1) is 19.8 Å². The lowest BCUT2D eigenvalue weighted by atomic mass is 10.1. The van der Waals surface area contributed by atoms with Crippen molar-refractivity contribution in [1.29, 1.82) is 1.28 Å². The van der Waals surface area contributed by atoms with Crippen LogP contribution in [0.25, 0.3) is 15.9 Å². The van der Waals surface area contributed by atoms with E-state index in [1.54, 1.807) is 0 Å². The molecule has 2 aromatic heterocycles. The molecule has 0 aliphatic carbocycles. The second-order valence-corrected chi connectivity index (χ2v) is 7.54. The molecule has 0 aromatic carbocycles. The van der Waals surface area contributed by atoms with Gasteiger partial charge in [-0.05, 0) is 0 Å². The summed E-state index contributed by atoms with van der Waals surface area (Å²) in [7, 11) is -4.76. The largest absolute Gasteiger partial charge is 0.478 e. The minimum absolute atomic E-state index is 0.133. The standard InChI is InChI=1S/C12H13N5O6P2/c1-14-5-2-17(11-7(5)10(13)15-4-16-11)12-8(18)9-6(21-12)3-20-25(19,22-9)23-24/h2,4,6,8-9,12,18H,3,24H2,(H2,13,15,16)/t6-,8-,9-,12-,25?/m1/s1/i24D/t6-,8-,9-,12-,24?,25?. The van der Waals surface area contributed by atoms with Crippen molar-refractivity contribution < 1.29 is 27.8 Å². The molecule has 0 saturated carbocycles. The maximum Gasteiger partial charge on any atom is 0.478 e. The molecule has 2 saturated heterocycles. The van der Waals surface area contributed by atoms with Gasteiger partial charge in [0, 0.05) is 15.6 Å². The molecule has 25 heavy (non-hydrogen) atoms. The fraction of sp³-hybridized carbons (Fsp3) is 0.417. The van der Waals surface area contributed by atoms with Gasteiger partial charge < -0.3 is 20.1 Å². The quantitative estimate of drug-likeness (QED) is 0.588. The van der Waals surface area contributed by atoms with E-state index in [1.807, 2.05) is 0 Å². The zero-order valence-electron chi connectivity index (χ0n) is 13.5. The molecule has 11 nitrogen and oxygen atoms in total. The van der Waals surface area contributed by atoms with Crippen LogP contribution in [0.1, 0.15) is 6.23 Å². The summed E-state index contributed by atoms with van der Waals surface area (Å²) in [6.07, 6.45) is -1.19. The molecule has 2 aliphatic heterocycles. The number of rotatable bonds is 3. The molecule has 2 aliphatic rings. The van der Waals surface area contributed by atoms with Crippen molar-refractivity contribution in [3.8, 4) is 0 Å². The molecular formula is C12H13N5O6P2. The van der Waals surface area contributed by atoms with Gasteiger partial charge >= 0.3 is 7.82 Å². The first kappa shape index (κ1) is 15.6. The molecule has 2 fully saturated rings. The highest BCUT2D eigenvalue weighted by atomic mass is 31.2. The highest BCUT2D eigenvalue weighted by Gasteiger charge is 2.53. The van der Waals surface area contributed by atoms with E-state index >= 15 is 0 Å². The SMILES string of the molecule is [2H]POP1(=O)OC[C@H]2O[C@@H](n3cc([N+]#[C-])c4c(N)ncnc43)[C@H](O)[C@@H]2O1. The number of phosphoric acid groups is 1. The summed E-state index contributed by atoms with van der Waals surface area (Å²) in [5, 5.41) is 11.0. The number of anilines is 1. The Labute approximate surface area is 145 Å². The Hall–Kier alpha value is -1.63. The average molecular weight is 386 g/mol. The summed E-state index contributed by atoms with van der Waals surface area (Å²) >= 11 is 0. The smallest absolute Gasteiger partial charge is 0.386 e. The van der Waals surface area contributed by atoms with Crippen molar-refractivity contribution in [2.24, 2.45) is 0 Å². The molecule has 132 valence electrons. The third-order valence-corrected chi connectivity index (χ3v) is 5.94. The molecule has 4 rings (SSSR count). The predicted molar refractivity (Wildman–Crippen MR) is 87.3 cm³/mol. The maximum absolute atomic E-state index is 12.2. The number of aliphatic hydroxyl groups is 1. The number of hydrogen-bond acceptors (Lipinski definition) is 9. The Balaban J connectivity index is 1.71. The first-order chi connectivity index (χ1) is 12.5. The Morgan fingerprint density at radius 2 is 2.48 bits per heavy atom. The molecule has 13 heteroatoms. The zero-order valence-corrected chi connectivity index (χ0v) is 14.4. The Morgan fingerprint density at radius 1 is 1.64 bits per heavy atom. The molecular weight excluding hydrogens is 372 g/mol. The number of nitrogens with two attached hydrogens (primary N) is 1. The van der Waals surface area contributed by atoms with Gasteiger partial charge in [0.1, 0.15) is 36.1 Å². The summed E-state index contributed by atoms with van der Waals surface area (Å²) < 4.78 is 41.6. The fourth-order valence-corrected chi connectivity index (χ4v) is 4.30. The molecule has 0 amide bonds. The van der Waals surface area contributed by atoms with Crippen molar-refractivity contribution in [3.63, 3.8) is 0 Å². The predicted octanol–water partition coefficient (Wildman–Crippen LogP) is 1.15. The summed E-state index contributed by atoms with van der Waals surface area (Å²) in [4.78, 5) is 11.4. The van der Waals surface area contributed by atoms with Crippen LogP contribution in [0, 0.1) is 6.57 Å². The van der Waals surface area contributed by atoms with Crippen molar-refractivity contribution in [2.75, 3.05) is 12.3 Å². The van der Waals surface area contributed by atoms with Crippen molar-refractivity contribution >= 4 is 39.8 Å². The zero-order chi connectivity index (χ0) is 18.5. The number of fused-ring (bicyclic) bond motifs is 2. The lowest BCUT2D eigenvalue weighted by Gasteiger charge is -2.29. The van der Waals surface area contributed by atoms with Crippen LogP contribution in [0.3, 0.4) is 0 Å². The third kappa shape index (κ3) is 2.55. The number of ether oxygens (including phenoxy) is 1. The minimum Gasteiger partial charge on any atom is -0.386 e. The average Bonchev–Trinajstić information content (AvgIpc) is 3.14. The monoisotopic (exact) mass is 386 g/mol. The number of nitrogens with zero attached hydrogens (tertiary/aromatic N) is 4. The van der Waals surface area contributed by atoms with Gasteiger partial charge in [-0.3, -0.25) is 13.4 Å². The van der Waals surface area contributed by atoms with Crippen molar-refractivity contribution in [3.05, 3.63) is 23.9 Å². The number of aromatic nitrogens is 3. The second kappa shape index (κ2) is 5.97. The number of aliphatic hydroxyl groups excluding tert-OH is 1. The lowest BCUT2D eigenvalue weighted by Crippen LogP contribution is -2.39. The van der Waals surface area contributed by atoms with E-state index in [1.165, 1.54) is 17.1 Å². The fourth-order valence-electron chi connectivity index (χ4n) is 2.97. The van der Waals surface area contributed by atoms with E-state index in [-0.39, 0.29) is 18.1 Å². The minimum atomic E-state index is -3.91. The van der Waals surface area contributed by atoms with Crippen LogP contribution in [0.5, 0.6) is 0 Å².